The number of amides is 1. The third-order valence-electron chi connectivity index (χ3n) is 7.70. The van der Waals surface area contributed by atoms with Gasteiger partial charge < -0.3 is 10.2 Å². The number of likely N-dealkylation sites (tertiary alicyclic amines) is 1. The molecule has 2 saturated heterocycles. The van der Waals surface area contributed by atoms with Crippen molar-refractivity contribution in [2.75, 3.05) is 26.2 Å². The zero-order chi connectivity index (χ0) is 22.9. The molecule has 7 heteroatoms. The normalized spacial score (nSPS) is 21.9. The Morgan fingerprint density at radius 1 is 1.06 bits per heavy atom. The van der Waals surface area contributed by atoms with Gasteiger partial charge >= 0.3 is 0 Å². The standard InChI is InChI=1S/C26H30Br2ClN3O/c27-20-12-19-2-1-18-13-21(29)14-22(28)24(18)25(26(19)31-15-20)17-5-9-32(10-6-17)23(33)11-16-3-7-30-8-4-16/h12-17,25,30H,1-11H2/t25-/m1/s1. The summed E-state index contributed by atoms with van der Waals surface area (Å²) >= 11 is 13.9. The van der Waals surface area contributed by atoms with Gasteiger partial charge in [0.15, 0.2) is 0 Å². The van der Waals surface area contributed by atoms with E-state index in [2.05, 4.69) is 54.2 Å². The van der Waals surface area contributed by atoms with Crippen LogP contribution in [-0.2, 0) is 17.6 Å². The average molecular weight is 596 g/mol. The summed E-state index contributed by atoms with van der Waals surface area (Å²) in [5, 5.41) is 4.17. The van der Waals surface area contributed by atoms with Gasteiger partial charge in [-0.1, -0.05) is 27.5 Å². The molecular formula is C26H30Br2ClN3O. The van der Waals surface area contributed by atoms with Crippen LogP contribution in [0.3, 0.4) is 0 Å². The number of hydrogen-bond acceptors (Lipinski definition) is 3. The molecule has 1 amide bonds. The quantitative estimate of drug-likeness (QED) is 0.465. The maximum Gasteiger partial charge on any atom is 0.222 e. The number of rotatable bonds is 3. The maximum absolute atomic E-state index is 13.0. The van der Waals surface area contributed by atoms with E-state index in [4.69, 9.17) is 16.6 Å². The second-order valence-corrected chi connectivity index (χ2v) is 12.0. The van der Waals surface area contributed by atoms with E-state index in [-0.39, 0.29) is 5.92 Å². The zero-order valence-corrected chi connectivity index (χ0v) is 22.7. The molecule has 0 saturated carbocycles. The van der Waals surface area contributed by atoms with Crippen LogP contribution in [0.25, 0.3) is 0 Å². The van der Waals surface area contributed by atoms with E-state index in [9.17, 15) is 4.79 Å². The lowest BCUT2D eigenvalue weighted by Crippen LogP contribution is -2.41. The first-order valence-electron chi connectivity index (χ1n) is 12.1. The van der Waals surface area contributed by atoms with Crippen molar-refractivity contribution in [1.82, 2.24) is 15.2 Å². The molecule has 176 valence electrons. The Balaban J connectivity index is 1.38. The number of benzene rings is 1. The van der Waals surface area contributed by atoms with Gasteiger partial charge in [-0.3, -0.25) is 9.78 Å². The molecule has 1 aliphatic carbocycles. The Hall–Kier alpha value is -0.950. The Bertz CT molecular complexity index is 1030. The van der Waals surface area contributed by atoms with Gasteiger partial charge in [0.05, 0.1) is 5.69 Å². The molecule has 2 aliphatic heterocycles. The first-order valence-corrected chi connectivity index (χ1v) is 14.1. The number of fused-ring (bicyclic) bond motifs is 2. The van der Waals surface area contributed by atoms with E-state index >= 15 is 0 Å². The number of carbonyl (C=O) groups is 1. The lowest BCUT2D eigenvalue weighted by atomic mass is 9.76. The molecule has 3 heterocycles. The molecule has 5 rings (SSSR count). The molecule has 33 heavy (non-hydrogen) atoms. The molecule has 2 aromatic rings. The summed E-state index contributed by atoms with van der Waals surface area (Å²) in [5.74, 6) is 1.56. The largest absolute Gasteiger partial charge is 0.343 e. The van der Waals surface area contributed by atoms with Crippen LogP contribution >= 0.6 is 43.5 Å². The maximum atomic E-state index is 13.0. The molecular weight excluding hydrogens is 566 g/mol. The van der Waals surface area contributed by atoms with Gasteiger partial charge in [0.25, 0.3) is 0 Å². The predicted octanol–water partition coefficient (Wildman–Crippen LogP) is 6.12. The first-order chi connectivity index (χ1) is 16.0. The van der Waals surface area contributed by atoms with E-state index in [0.29, 0.717) is 24.2 Å². The number of halogens is 3. The average Bonchev–Trinajstić information content (AvgIpc) is 2.96. The molecule has 3 aliphatic rings. The van der Waals surface area contributed by atoms with Gasteiger partial charge in [-0.15, -0.1) is 0 Å². The molecule has 0 radical (unpaired) electrons. The highest BCUT2D eigenvalue weighted by atomic mass is 79.9. The first kappa shape index (κ1) is 23.8. The lowest BCUT2D eigenvalue weighted by molar-refractivity contribution is -0.133. The smallest absolute Gasteiger partial charge is 0.222 e. The Labute approximate surface area is 218 Å². The highest BCUT2D eigenvalue weighted by molar-refractivity contribution is 9.10. The summed E-state index contributed by atoms with van der Waals surface area (Å²) in [4.78, 5) is 20.1. The second-order valence-electron chi connectivity index (χ2n) is 9.75. The fourth-order valence-electron chi connectivity index (χ4n) is 5.97. The number of pyridine rings is 1. The van der Waals surface area contributed by atoms with Crippen LogP contribution in [0.5, 0.6) is 0 Å². The fraction of sp³-hybridized carbons (Fsp3) is 0.538. The van der Waals surface area contributed by atoms with E-state index in [1.165, 1.54) is 22.4 Å². The molecule has 0 spiro atoms. The number of aromatic nitrogens is 1. The number of piperidine rings is 2. The van der Waals surface area contributed by atoms with E-state index in [0.717, 1.165) is 78.7 Å². The lowest BCUT2D eigenvalue weighted by Gasteiger charge is -2.37. The third kappa shape index (κ3) is 5.19. The molecule has 1 aromatic carbocycles. The van der Waals surface area contributed by atoms with Gasteiger partial charge in [-0.25, -0.2) is 0 Å². The van der Waals surface area contributed by atoms with Crippen LogP contribution < -0.4 is 5.32 Å². The number of aryl methyl sites for hydroxylation is 2. The van der Waals surface area contributed by atoms with Crippen molar-refractivity contribution in [3.8, 4) is 0 Å². The molecule has 0 unspecified atom stereocenters. The van der Waals surface area contributed by atoms with E-state index in [1.807, 2.05) is 12.3 Å². The number of nitrogens with one attached hydrogen (secondary N) is 1. The Morgan fingerprint density at radius 3 is 2.55 bits per heavy atom. The second kappa shape index (κ2) is 10.3. The summed E-state index contributed by atoms with van der Waals surface area (Å²) in [6, 6.07) is 6.39. The van der Waals surface area contributed by atoms with Crippen LogP contribution in [0.15, 0.2) is 33.3 Å². The zero-order valence-electron chi connectivity index (χ0n) is 18.8. The van der Waals surface area contributed by atoms with E-state index in [1.54, 1.807) is 0 Å². The third-order valence-corrected chi connectivity index (χ3v) is 9.01. The summed E-state index contributed by atoms with van der Waals surface area (Å²) in [5.41, 5.74) is 5.17. The highest BCUT2D eigenvalue weighted by Crippen LogP contribution is 2.46. The molecule has 0 bridgehead atoms. The molecule has 4 nitrogen and oxygen atoms in total. The van der Waals surface area contributed by atoms with Crippen molar-refractivity contribution >= 4 is 49.4 Å². The van der Waals surface area contributed by atoms with Crippen LogP contribution in [0, 0.1) is 11.8 Å². The van der Waals surface area contributed by atoms with Crippen molar-refractivity contribution in [2.24, 2.45) is 11.8 Å². The van der Waals surface area contributed by atoms with Gasteiger partial charge in [-0.05, 0) is 114 Å². The van der Waals surface area contributed by atoms with E-state index < -0.39 is 0 Å². The molecule has 1 N–H and O–H groups in total. The number of carbonyl (C=O) groups excluding carboxylic acids is 1. The van der Waals surface area contributed by atoms with Crippen molar-refractivity contribution in [2.45, 2.75) is 50.9 Å². The topological polar surface area (TPSA) is 45.2 Å². The van der Waals surface area contributed by atoms with Gasteiger partial charge in [0.1, 0.15) is 0 Å². The summed E-state index contributed by atoms with van der Waals surface area (Å²) < 4.78 is 2.11. The van der Waals surface area contributed by atoms with Crippen LogP contribution in [0.2, 0.25) is 5.02 Å². The monoisotopic (exact) mass is 593 g/mol. The van der Waals surface area contributed by atoms with Crippen molar-refractivity contribution < 1.29 is 4.79 Å². The fourth-order valence-corrected chi connectivity index (χ4v) is 7.47. The van der Waals surface area contributed by atoms with Crippen LogP contribution in [-0.4, -0.2) is 42.0 Å². The van der Waals surface area contributed by atoms with Gasteiger partial charge in [0.2, 0.25) is 5.91 Å². The minimum atomic E-state index is 0.221. The van der Waals surface area contributed by atoms with Crippen LogP contribution in [0.4, 0.5) is 0 Å². The van der Waals surface area contributed by atoms with Crippen molar-refractivity contribution in [3.05, 3.63) is 60.7 Å². The number of nitrogens with zero attached hydrogens (tertiary/aromatic N) is 2. The SMILES string of the molecule is O=C(CC1CCNCC1)N1CCC([C@H]2c3ncc(Br)cc3CCc3cc(Cl)cc(Br)c32)CC1. The Morgan fingerprint density at radius 2 is 1.79 bits per heavy atom. The minimum Gasteiger partial charge on any atom is -0.343 e. The Kier molecular flexibility index (Phi) is 7.46. The summed E-state index contributed by atoms with van der Waals surface area (Å²) in [6.07, 6.45) is 8.82. The molecule has 2 fully saturated rings. The number of hydrogen-bond donors (Lipinski definition) is 1. The van der Waals surface area contributed by atoms with Crippen molar-refractivity contribution in [1.29, 1.82) is 0 Å². The predicted molar refractivity (Wildman–Crippen MR) is 140 cm³/mol. The van der Waals surface area contributed by atoms with Gasteiger partial charge in [0, 0.05) is 45.6 Å². The van der Waals surface area contributed by atoms with Gasteiger partial charge in [-0.2, -0.15) is 0 Å². The summed E-state index contributed by atoms with van der Waals surface area (Å²) in [7, 11) is 0. The van der Waals surface area contributed by atoms with Crippen molar-refractivity contribution in [3.63, 3.8) is 0 Å². The van der Waals surface area contributed by atoms with Crippen LogP contribution in [0.1, 0.15) is 60.4 Å². The highest BCUT2D eigenvalue weighted by Gasteiger charge is 2.36. The summed E-state index contributed by atoms with van der Waals surface area (Å²) in [6.45, 7) is 3.78. The minimum absolute atomic E-state index is 0.221. The molecule has 1 atom stereocenters. The molecule has 1 aromatic heterocycles.